The van der Waals surface area contributed by atoms with Crippen molar-refractivity contribution in [2.75, 3.05) is 13.1 Å². The molecule has 4 nitrogen and oxygen atoms in total. The van der Waals surface area contributed by atoms with Gasteiger partial charge in [-0.15, -0.1) is 0 Å². The molecule has 0 radical (unpaired) electrons. The van der Waals surface area contributed by atoms with E-state index >= 15 is 0 Å². The maximum Gasteiger partial charge on any atom is 0.106 e. The second-order valence-corrected chi connectivity index (χ2v) is 1.95. The summed E-state index contributed by atoms with van der Waals surface area (Å²) in [5.74, 6) is 0. The molecule has 8 heteroatoms. The standard InChI is InChI=1S/C4H11NO3S.3FH/c1-3-5(4-2)8-9(6)7;;;/h3-4H2,1-2H3,(H,6,7);3*1H/p-4. The fraction of sp³-hybridized carbons (Fsp3) is 1.00. The quantitative estimate of drug-likeness (QED) is 0.341. The molecule has 0 aromatic heterocycles. The molecular weight excluding hydrogens is 199 g/mol. The third-order valence-corrected chi connectivity index (χ3v) is 1.20. The minimum atomic E-state index is -2.42. The average Bonchev–Trinajstić information content (AvgIpc) is 1.82. The Morgan fingerprint density at radius 3 is 1.67 bits per heavy atom. The largest absolute Gasteiger partial charge is 1.00 e. The molecule has 0 amide bonds. The van der Waals surface area contributed by atoms with Crippen molar-refractivity contribution >= 4 is 11.4 Å². The molecule has 0 saturated heterocycles. The Morgan fingerprint density at radius 1 is 1.25 bits per heavy atom. The van der Waals surface area contributed by atoms with E-state index in [4.69, 9.17) is 0 Å². The van der Waals surface area contributed by atoms with E-state index in [0.29, 0.717) is 13.1 Å². The molecule has 1 atom stereocenters. The van der Waals surface area contributed by atoms with Gasteiger partial charge in [0, 0.05) is 13.1 Å². The zero-order valence-electron chi connectivity index (χ0n) is 6.63. The second-order valence-electron chi connectivity index (χ2n) is 1.39. The Kier molecular flexibility index (Phi) is 25.3. The highest BCUT2D eigenvalue weighted by atomic mass is 32.2. The van der Waals surface area contributed by atoms with E-state index in [2.05, 4.69) is 4.28 Å². The van der Waals surface area contributed by atoms with Gasteiger partial charge in [0.05, 0.1) is 0 Å². The molecule has 0 rings (SSSR count). The molecule has 0 spiro atoms. The van der Waals surface area contributed by atoms with Crippen LogP contribution in [0.1, 0.15) is 13.8 Å². The van der Waals surface area contributed by atoms with Crippen LogP contribution < -0.4 is 14.1 Å². The van der Waals surface area contributed by atoms with Crippen LogP contribution in [-0.4, -0.2) is 26.9 Å². The molecule has 0 aromatic rings. The van der Waals surface area contributed by atoms with Crippen molar-refractivity contribution < 1.29 is 27.2 Å². The van der Waals surface area contributed by atoms with Crippen LogP contribution in [0.3, 0.4) is 0 Å². The lowest BCUT2D eigenvalue weighted by molar-refractivity contribution is -0.0436. The van der Waals surface area contributed by atoms with Crippen LogP contribution in [0.15, 0.2) is 0 Å². The molecule has 0 fully saturated rings. The summed E-state index contributed by atoms with van der Waals surface area (Å²) in [6.07, 6.45) is 0. The van der Waals surface area contributed by atoms with E-state index in [1.165, 1.54) is 5.06 Å². The predicted octanol–water partition coefficient (Wildman–Crippen LogP) is -8.93. The molecular formula is C4H10F3NO3S-4. The van der Waals surface area contributed by atoms with Crippen LogP contribution in [0.25, 0.3) is 0 Å². The zero-order valence-corrected chi connectivity index (χ0v) is 7.44. The Hall–Kier alpha value is -0.180. The van der Waals surface area contributed by atoms with Crippen molar-refractivity contribution in [3.8, 4) is 0 Å². The van der Waals surface area contributed by atoms with Crippen molar-refractivity contribution in [1.29, 1.82) is 0 Å². The third-order valence-electron chi connectivity index (χ3n) is 0.872. The fourth-order valence-corrected chi connectivity index (χ4v) is 0.798. The van der Waals surface area contributed by atoms with Crippen LogP contribution >= 0.6 is 0 Å². The van der Waals surface area contributed by atoms with Crippen molar-refractivity contribution in [3.05, 3.63) is 0 Å². The summed E-state index contributed by atoms with van der Waals surface area (Å²) >= 11 is -2.42. The highest BCUT2D eigenvalue weighted by Gasteiger charge is 1.96. The van der Waals surface area contributed by atoms with E-state index in [-0.39, 0.29) is 14.1 Å². The number of nitrogens with zero attached hydrogens (tertiary/aromatic N) is 1. The van der Waals surface area contributed by atoms with Gasteiger partial charge < -0.3 is 18.7 Å². The predicted molar refractivity (Wildman–Crippen MR) is 32.9 cm³/mol. The van der Waals surface area contributed by atoms with Crippen molar-refractivity contribution in [2.45, 2.75) is 13.8 Å². The first-order chi connectivity index (χ1) is 4.20. The number of rotatable bonds is 4. The lowest BCUT2D eigenvalue weighted by atomic mass is 10.6. The molecule has 80 valence electrons. The second kappa shape index (κ2) is 13.4. The first-order valence-electron chi connectivity index (χ1n) is 2.73. The minimum Gasteiger partial charge on any atom is -1.00 e. The lowest BCUT2D eigenvalue weighted by Gasteiger charge is -2.17. The maximum atomic E-state index is 9.86. The highest BCUT2D eigenvalue weighted by Crippen LogP contribution is 1.89. The van der Waals surface area contributed by atoms with Crippen molar-refractivity contribution in [1.82, 2.24) is 5.06 Å². The van der Waals surface area contributed by atoms with E-state index < -0.39 is 11.4 Å². The third kappa shape index (κ3) is 12.5. The summed E-state index contributed by atoms with van der Waals surface area (Å²) in [5, 5.41) is 1.34. The zero-order chi connectivity index (χ0) is 7.28. The Bertz CT molecular complexity index is 104. The molecule has 0 aromatic carbocycles. The molecule has 0 aliphatic heterocycles. The summed E-state index contributed by atoms with van der Waals surface area (Å²) in [5.41, 5.74) is 0. The van der Waals surface area contributed by atoms with Crippen LogP contribution in [0, 0.1) is 0 Å². The molecule has 0 aliphatic rings. The van der Waals surface area contributed by atoms with Gasteiger partial charge in [0.2, 0.25) is 0 Å². The average molecular weight is 209 g/mol. The van der Waals surface area contributed by atoms with Crippen LogP contribution in [0.5, 0.6) is 0 Å². The van der Waals surface area contributed by atoms with Gasteiger partial charge in [0.1, 0.15) is 11.4 Å². The SMILES string of the molecule is CCN(CC)OS(=O)[O-].[F-].[F-].[F-]. The number of hydrogen-bond acceptors (Lipinski definition) is 4. The van der Waals surface area contributed by atoms with Crippen LogP contribution in [0.4, 0.5) is 0 Å². The monoisotopic (exact) mass is 209 g/mol. The summed E-state index contributed by atoms with van der Waals surface area (Å²) in [4.78, 5) is 0. The summed E-state index contributed by atoms with van der Waals surface area (Å²) < 4.78 is 24.0. The van der Waals surface area contributed by atoms with Crippen LogP contribution in [-0.2, 0) is 15.6 Å². The van der Waals surface area contributed by atoms with Crippen molar-refractivity contribution in [2.24, 2.45) is 0 Å². The Labute approximate surface area is 71.4 Å². The molecule has 12 heavy (non-hydrogen) atoms. The van der Waals surface area contributed by atoms with Gasteiger partial charge >= 0.3 is 0 Å². The molecule has 0 aliphatic carbocycles. The Morgan fingerprint density at radius 2 is 1.58 bits per heavy atom. The normalized spacial score (nSPS) is 10.7. The van der Waals surface area contributed by atoms with E-state index in [1.807, 2.05) is 13.8 Å². The first kappa shape index (κ1) is 22.6. The number of hydrogen-bond donors (Lipinski definition) is 0. The van der Waals surface area contributed by atoms with Gasteiger partial charge in [-0.2, -0.15) is 5.06 Å². The summed E-state index contributed by atoms with van der Waals surface area (Å²) in [6, 6.07) is 0. The molecule has 0 N–H and O–H groups in total. The molecule has 0 bridgehead atoms. The summed E-state index contributed by atoms with van der Waals surface area (Å²) in [6.45, 7) is 4.78. The fourth-order valence-electron chi connectivity index (χ4n) is 0.415. The highest BCUT2D eigenvalue weighted by molar-refractivity contribution is 7.74. The summed E-state index contributed by atoms with van der Waals surface area (Å²) in [7, 11) is 0. The van der Waals surface area contributed by atoms with Gasteiger partial charge in [0.15, 0.2) is 0 Å². The lowest BCUT2D eigenvalue weighted by Crippen LogP contribution is -3.00. The molecule has 1 unspecified atom stereocenters. The van der Waals surface area contributed by atoms with E-state index in [0.717, 1.165) is 0 Å². The van der Waals surface area contributed by atoms with Gasteiger partial charge in [-0.05, 0) is 0 Å². The van der Waals surface area contributed by atoms with Gasteiger partial charge in [-0.3, -0.25) is 0 Å². The first-order valence-corrected chi connectivity index (χ1v) is 3.73. The smallest absolute Gasteiger partial charge is 0.106 e. The van der Waals surface area contributed by atoms with E-state index in [1.54, 1.807) is 0 Å². The van der Waals surface area contributed by atoms with Gasteiger partial charge in [-0.25, -0.2) is 8.49 Å². The minimum absolute atomic E-state index is 0. The molecule has 0 heterocycles. The molecule has 0 saturated carbocycles. The topological polar surface area (TPSA) is 52.6 Å². The van der Waals surface area contributed by atoms with E-state index in [9.17, 15) is 8.76 Å². The number of hydroxylamine groups is 2. The number of halogens is 3. The maximum absolute atomic E-state index is 9.86. The Balaban J connectivity index is -0.000000107. The van der Waals surface area contributed by atoms with Gasteiger partial charge in [0.25, 0.3) is 0 Å². The van der Waals surface area contributed by atoms with Crippen LogP contribution in [0.2, 0.25) is 0 Å². The van der Waals surface area contributed by atoms with Crippen molar-refractivity contribution in [3.63, 3.8) is 0 Å². The van der Waals surface area contributed by atoms with Gasteiger partial charge in [-0.1, -0.05) is 13.8 Å².